The molecule has 0 spiro atoms. The van der Waals surface area contributed by atoms with Gasteiger partial charge in [0.15, 0.2) is 11.5 Å². The maximum Gasteiger partial charge on any atom is 0.243 e. The molecule has 3 saturated heterocycles. The fraction of sp³-hybridized carbons (Fsp3) is 0.696. The Morgan fingerprint density at radius 1 is 1.15 bits per heavy atom. The topological polar surface area (TPSA) is 85.4 Å². The van der Waals surface area contributed by atoms with Crippen molar-refractivity contribution in [2.75, 3.05) is 52.0 Å². The molecule has 2 atom stereocenters. The summed E-state index contributed by atoms with van der Waals surface area (Å²) >= 11 is 1.90. The Labute approximate surface area is 201 Å². The maximum atomic E-state index is 13.5. The van der Waals surface area contributed by atoms with Crippen LogP contribution in [0.5, 0.6) is 11.5 Å². The molecular weight excluding hydrogens is 464 g/mol. The molecule has 4 rings (SSSR count). The van der Waals surface area contributed by atoms with Crippen LogP contribution < -0.4 is 9.47 Å². The molecule has 0 saturated carbocycles. The van der Waals surface area contributed by atoms with E-state index >= 15 is 0 Å². The molecule has 3 aliphatic heterocycles. The van der Waals surface area contributed by atoms with E-state index in [1.807, 2.05) is 11.8 Å². The number of thioether (sulfide) groups is 1. The quantitative estimate of drug-likeness (QED) is 0.545. The first-order valence-electron chi connectivity index (χ1n) is 11.7. The molecule has 1 aromatic rings. The first-order chi connectivity index (χ1) is 15.9. The van der Waals surface area contributed by atoms with Crippen LogP contribution in [0.2, 0.25) is 0 Å². The molecule has 3 fully saturated rings. The van der Waals surface area contributed by atoms with E-state index in [4.69, 9.17) is 14.2 Å². The minimum atomic E-state index is -3.67. The highest BCUT2D eigenvalue weighted by molar-refractivity contribution is 7.99. The molecule has 3 aliphatic rings. The Balaban J connectivity index is 1.42. The number of carbonyl (C=O) groups excluding carboxylic acids is 1. The molecule has 33 heavy (non-hydrogen) atoms. The Bertz CT molecular complexity index is 921. The summed E-state index contributed by atoms with van der Waals surface area (Å²) in [6.45, 7) is 2.10. The summed E-state index contributed by atoms with van der Waals surface area (Å²) in [6.07, 6.45) is 4.28. The van der Waals surface area contributed by atoms with Crippen molar-refractivity contribution in [1.82, 2.24) is 9.21 Å². The third-order valence-corrected chi connectivity index (χ3v) is 9.89. The van der Waals surface area contributed by atoms with Gasteiger partial charge in [0.05, 0.1) is 25.2 Å². The van der Waals surface area contributed by atoms with Crippen LogP contribution in [0.3, 0.4) is 0 Å². The SMILES string of the molecule is COc1ccc(S(=O)(=O)N2CCC(C(=O)N(CC3CCCO3)C3CCSC3)CC2)cc1OC. The zero-order chi connectivity index (χ0) is 23.4. The maximum absolute atomic E-state index is 13.5. The molecule has 0 radical (unpaired) electrons. The zero-order valence-corrected chi connectivity index (χ0v) is 21.0. The van der Waals surface area contributed by atoms with Gasteiger partial charge in [0.25, 0.3) is 0 Å². The van der Waals surface area contributed by atoms with Crippen molar-refractivity contribution >= 4 is 27.7 Å². The highest BCUT2D eigenvalue weighted by atomic mass is 32.2. The highest BCUT2D eigenvalue weighted by Gasteiger charge is 2.38. The molecule has 3 heterocycles. The van der Waals surface area contributed by atoms with E-state index in [9.17, 15) is 13.2 Å². The largest absolute Gasteiger partial charge is 0.493 e. The molecule has 8 nitrogen and oxygen atoms in total. The van der Waals surface area contributed by atoms with Gasteiger partial charge in [-0.05, 0) is 50.0 Å². The van der Waals surface area contributed by atoms with Gasteiger partial charge >= 0.3 is 0 Å². The monoisotopic (exact) mass is 498 g/mol. The Hall–Kier alpha value is -1.49. The van der Waals surface area contributed by atoms with Gasteiger partial charge in [0.1, 0.15) is 0 Å². The number of amides is 1. The summed E-state index contributed by atoms with van der Waals surface area (Å²) in [5, 5.41) is 0. The van der Waals surface area contributed by atoms with Crippen LogP contribution in [0, 0.1) is 5.92 Å². The molecule has 0 aromatic heterocycles. The van der Waals surface area contributed by atoms with E-state index in [1.54, 1.807) is 6.07 Å². The van der Waals surface area contributed by atoms with E-state index in [-0.39, 0.29) is 28.9 Å². The second-order valence-corrected chi connectivity index (χ2v) is 11.9. The smallest absolute Gasteiger partial charge is 0.243 e. The van der Waals surface area contributed by atoms with Crippen LogP contribution in [-0.4, -0.2) is 87.6 Å². The number of benzene rings is 1. The molecule has 10 heteroatoms. The number of nitrogens with zero attached hydrogens (tertiary/aromatic N) is 2. The molecule has 1 amide bonds. The average molecular weight is 499 g/mol. The van der Waals surface area contributed by atoms with Gasteiger partial charge < -0.3 is 19.1 Å². The molecule has 184 valence electrons. The van der Waals surface area contributed by atoms with E-state index in [0.717, 1.165) is 37.4 Å². The van der Waals surface area contributed by atoms with Gasteiger partial charge in [0.2, 0.25) is 15.9 Å². The lowest BCUT2D eigenvalue weighted by molar-refractivity contribution is -0.140. The number of piperidine rings is 1. The van der Waals surface area contributed by atoms with Crippen molar-refractivity contribution in [2.45, 2.75) is 49.1 Å². The molecule has 1 aromatic carbocycles. The lowest BCUT2D eigenvalue weighted by Gasteiger charge is -2.37. The summed E-state index contributed by atoms with van der Waals surface area (Å²) in [5.74, 6) is 2.95. The van der Waals surface area contributed by atoms with Gasteiger partial charge in [-0.2, -0.15) is 16.1 Å². The standard InChI is InChI=1S/C23H34N2O6S2/c1-29-21-6-5-20(14-22(21)30-2)33(27,28)24-10-7-17(8-11-24)23(26)25(18-9-13-32-16-18)15-19-4-3-12-31-19/h5-6,14,17-19H,3-4,7-13,15-16H2,1-2H3. The second kappa shape index (κ2) is 10.8. The normalized spacial score (nSPS) is 24.7. The molecular formula is C23H34N2O6S2. The van der Waals surface area contributed by atoms with Crippen LogP contribution in [0.25, 0.3) is 0 Å². The molecule has 0 N–H and O–H groups in total. The molecule has 2 unspecified atom stereocenters. The van der Waals surface area contributed by atoms with Crippen LogP contribution in [0.4, 0.5) is 0 Å². The Kier molecular flexibility index (Phi) is 8.09. The highest BCUT2D eigenvalue weighted by Crippen LogP contribution is 2.33. The third kappa shape index (κ3) is 5.44. The zero-order valence-electron chi connectivity index (χ0n) is 19.4. The average Bonchev–Trinajstić information content (AvgIpc) is 3.56. The second-order valence-electron chi connectivity index (χ2n) is 8.84. The van der Waals surface area contributed by atoms with E-state index in [0.29, 0.717) is 44.0 Å². The van der Waals surface area contributed by atoms with Crippen molar-refractivity contribution in [2.24, 2.45) is 5.92 Å². The van der Waals surface area contributed by atoms with Gasteiger partial charge in [-0.15, -0.1) is 0 Å². The first kappa shape index (κ1) is 24.6. The van der Waals surface area contributed by atoms with Crippen LogP contribution in [0.15, 0.2) is 23.1 Å². The fourth-order valence-corrected chi connectivity index (χ4v) is 7.61. The number of methoxy groups -OCH3 is 2. The first-order valence-corrected chi connectivity index (χ1v) is 14.3. The van der Waals surface area contributed by atoms with Crippen LogP contribution in [0.1, 0.15) is 32.1 Å². The van der Waals surface area contributed by atoms with E-state index < -0.39 is 10.0 Å². The number of carbonyl (C=O) groups is 1. The molecule has 0 bridgehead atoms. The number of ether oxygens (including phenoxy) is 3. The Morgan fingerprint density at radius 2 is 1.91 bits per heavy atom. The minimum Gasteiger partial charge on any atom is -0.493 e. The fourth-order valence-electron chi connectivity index (χ4n) is 4.90. The third-order valence-electron chi connectivity index (χ3n) is 6.85. The van der Waals surface area contributed by atoms with Crippen molar-refractivity contribution in [3.8, 4) is 11.5 Å². The Morgan fingerprint density at radius 3 is 2.52 bits per heavy atom. The van der Waals surface area contributed by atoms with E-state index in [2.05, 4.69) is 4.90 Å². The van der Waals surface area contributed by atoms with Crippen molar-refractivity contribution in [3.63, 3.8) is 0 Å². The van der Waals surface area contributed by atoms with Crippen molar-refractivity contribution in [1.29, 1.82) is 0 Å². The summed E-state index contributed by atoms with van der Waals surface area (Å²) in [4.78, 5) is 15.7. The van der Waals surface area contributed by atoms with Crippen molar-refractivity contribution in [3.05, 3.63) is 18.2 Å². The van der Waals surface area contributed by atoms with Gasteiger partial charge in [0, 0.05) is 50.0 Å². The summed E-state index contributed by atoms with van der Waals surface area (Å²) < 4.78 is 44.2. The lowest BCUT2D eigenvalue weighted by Crippen LogP contribution is -2.50. The predicted molar refractivity (Wildman–Crippen MR) is 127 cm³/mol. The van der Waals surface area contributed by atoms with Crippen LogP contribution in [-0.2, 0) is 19.6 Å². The van der Waals surface area contributed by atoms with Crippen LogP contribution >= 0.6 is 11.8 Å². The number of hydrogen-bond acceptors (Lipinski definition) is 7. The number of sulfonamides is 1. The summed E-state index contributed by atoms with van der Waals surface area (Å²) in [6, 6.07) is 4.90. The van der Waals surface area contributed by atoms with E-state index in [1.165, 1.54) is 30.7 Å². The minimum absolute atomic E-state index is 0.130. The van der Waals surface area contributed by atoms with Gasteiger partial charge in [-0.3, -0.25) is 4.79 Å². The van der Waals surface area contributed by atoms with Crippen molar-refractivity contribution < 1.29 is 27.4 Å². The number of rotatable bonds is 8. The molecule has 0 aliphatic carbocycles. The van der Waals surface area contributed by atoms with Gasteiger partial charge in [-0.1, -0.05) is 0 Å². The van der Waals surface area contributed by atoms with Gasteiger partial charge in [-0.25, -0.2) is 8.42 Å². The summed E-state index contributed by atoms with van der Waals surface area (Å²) in [5.41, 5.74) is 0. The summed E-state index contributed by atoms with van der Waals surface area (Å²) in [7, 11) is -0.677. The number of hydrogen-bond donors (Lipinski definition) is 0. The lowest BCUT2D eigenvalue weighted by atomic mass is 9.95. The predicted octanol–water partition coefficient (Wildman–Crippen LogP) is 2.62.